The van der Waals surface area contributed by atoms with E-state index in [9.17, 15) is 4.79 Å². The molecule has 0 bridgehead atoms. The van der Waals surface area contributed by atoms with Gasteiger partial charge >= 0.3 is 6.03 Å². The van der Waals surface area contributed by atoms with Gasteiger partial charge in [0.2, 0.25) is 0 Å². The van der Waals surface area contributed by atoms with Crippen LogP contribution in [0.1, 0.15) is 24.9 Å². The van der Waals surface area contributed by atoms with Gasteiger partial charge in [0.25, 0.3) is 0 Å². The second-order valence-electron chi connectivity index (χ2n) is 5.31. The van der Waals surface area contributed by atoms with Crippen molar-refractivity contribution in [1.82, 2.24) is 10.3 Å². The lowest BCUT2D eigenvalue weighted by Crippen LogP contribution is -2.31. The molecule has 1 aliphatic rings. The average molecular weight is 313 g/mol. The Morgan fingerprint density at radius 2 is 1.87 bits per heavy atom. The average Bonchev–Trinajstić information content (AvgIpc) is 2.80. The minimum atomic E-state index is -0.268. The molecule has 2 N–H and O–H groups in total. The Labute approximate surface area is 134 Å². The number of carbonyl (C=O) groups excluding carboxylic acids is 1. The van der Waals surface area contributed by atoms with Gasteiger partial charge in [-0.15, -0.1) is 0 Å². The minimum absolute atomic E-state index is 0.158. The Morgan fingerprint density at radius 1 is 1.13 bits per heavy atom. The molecule has 0 aliphatic carbocycles. The molecule has 0 unspecified atom stereocenters. The van der Waals surface area contributed by atoms with Gasteiger partial charge in [-0.3, -0.25) is 4.98 Å². The normalized spacial score (nSPS) is 14.5. The highest BCUT2D eigenvalue weighted by molar-refractivity contribution is 5.89. The summed E-state index contributed by atoms with van der Waals surface area (Å²) in [5, 5.41) is 5.67. The number of hydrogen-bond donors (Lipinski definition) is 2. The summed E-state index contributed by atoms with van der Waals surface area (Å²) in [6.45, 7) is 3.22. The minimum Gasteiger partial charge on any atom is -0.490 e. The Morgan fingerprint density at radius 3 is 2.65 bits per heavy atom. The van der Waals surface area contributed by atoms with Crippen LogP contribution in [0, 0.1) is 0 Å². The van der Waals surface area contributed by atoms with Gasteiger partial charge in [-0.05, 0) is 36.8 Å². The lowest BCUT2D eigenvalue weighted by Gasteiger charge is -2.17. The lowest BCUT2D eigenvalue weighted by molar-refractivity contribution is 0.249. The van der Waals surface area contributed by atoms with Gasteiger partial charge < -0.3 is 20.1 Å². The largest absolute Gasteiger partial charge is 0.490 e. The number of fused-ring (bicyclic) bond motifs is 1. The molecule has 0 saturated heterocycles. The lowest BCUT2D eigenvalue weighted by atomic mass is 10.1. The molecule has 0 fully saturated rings. The summed E-state index contributed by atoms with van der Waals surface area (Å²) in [6, 6.07) is 8.78. The zero-order valence-corrected chi connectivity index (χ0v) is 12.9. The van der Waals surface area contributed by atoms with E-state index in [2.05, 4.69) is 15.6 Å². The van der Waals surface area contributed by atoms with Crippen molar-refractivity contribution < 1.29 is 14.3 Å². The van der Waals surface area contributed by atoms with E-state index in [-0.39, 0.29) is 12.1 Å². The van der Waals surface area contributed by atoms with Crippen molar-refractivity contribution in [1.29, 1.82) is 0 Å². The van der Waals surface area contributed by atoms with Crippen LogP contribution in [0.3, 0.4) is 0 Å². The fourth-order valence-electron chi connectivity index (χ4n) is 2.33. The molecule has 23 heavy (non-hydrogen) atoms. The van der Waals surface area contributed by atoms with Crippen LogP contribution in [0.2, 0.25) is 0 Å². The predicted molar refractivity (Wildman–Crippen MR) is 86.9 cm³/mol. The number of nitrogens with zero attached hydrogens (tertiary/aromatic N) is 1. The van der Waals surface area contributed by atoms with Crippen LogP contribution in [0.4, 0.5) is 10.5 Å². The standard InChI is InChI=1S/C17H19N3O3/c1-12(19-17(21)20-14-5-7-18-8-6-14)13-3-4-15-16(11-13)23-10-2-9-22-15/h3-8,11-12H,2,9-10H2,1H3,(H2,18,19,20,21)/t12-/m1/s1. The summed E-state index contributed by atoms with van der Waals surface area (Å²) in [4.78, 5) is 16.0. The zero-order valence-electron chi connectivity index (χ0n) is 12.9. The van der Waals surface area contributed by atoms with E-state index in [1.807, 2.05) is 25.1 Å². The van der Waals surface area contributed by atoms with Gasteiger partial charge in [0, 0.05) is 24.5 Å². The number of anilines is 1. The molecule has 1 aliphatic heterocycles. The highest BCUT2D eigenvalue weighted by Crippen LogP contribution is 2.32. The number of benzene rings is 1. The van der Waals surface area contributed by atoms with Crippen LogP contribution < -0.4 is 20.1 Å². The predicted octanol–water partition coefficient (Wildman–Crippen LogP) is 3.13. The number of aromatic nitrogens is 1. The fraction of sp³-hybridized carbons (Fsp3) is 0.294. The Balaban J connectivity index is 1.65. The number of pyridine rings is 1. The summed E-state index contributed by atoms with van der Waals surface area (Å²) in [6.07, 6.45) is 4.12. The van der Waals surface area contributed by atoms with Crippen LogP contribution in [-0.4, -0.2) is 24.2 Å². The van der Waals surface area contributed by atoms with Crippen molar-refractivity contribution >= 4 is 11.7 Å². The number of nitrogens with one attached hydrogen (secondary N) is 2. The van der Waals surface area contributed by atoms with Crippen molar-refractivity contribution in [3.8, 4) is 11.5 Å². The molecule has 2 heterocycles. The smallest absolute Gasteiger partial charge is 0.319 e. The van der Waals surface area contributed by atoms with Gasteiger partial charge in [0.15, 0.2) is 11.5 Å². The van der Waals surface area contributed by atoms with E-state index in [1.165, 1.54) is 0 Å². The molecule has 1 aromatic carbocycles. The number of hydrogen-bond acceptors (Lipinski definition) is 4. The van der Waals surface area contributed by atoms with Crippen molar-refractivity contribution in [2.75, 3.05) is 18.5 Å². The molecule has 120 valence electrons. The maximum absolute atomic E-state index is 12.0. The van der Waals surface area contributed by atoms with Gasteiger partial charge in [-0.1, -0.05) is 6.07 Å². The van der Waals surface area contributed by atoms with E-state index in [1.54, 1.807) is 24.5 Å². The quantitative estimate of drug-likeness (QED) is 0.913. The van der Waals surface area contributed by atoms with Crippen LogP contribution in [0.25, 0.3) is 0 Å². The van der Waals surface area contributed by atoms with Gasteiger partial charge in [-0.2, -0.15) is 0 Å². The van der Waals surface area contributed by atoms with E-state index >= 15 is 0 Å². The molecule has 6 heteroatoms. The molecule has 0 saturated carbocycles. The van der Waals surface area contributed by atoms with Crippen LogP contribution >= 0.6 is 0 Å². The number of amides is 2. The summed E-state index contributed by atoms with van der Waals surface area (Å²) < 4.78 is 11.3. The summed E-state index contributed by atoms with van der Waals surface area (Å²) >= 11 is 0. The maximum atomic E-state index is 12.0. The number of urea groups is 1. The molecule has 6 nitrogen and oxygen atoms in total. The van der Waals surface area contributed by atoms with E-state index in [4.69, 9.17) is 9.47 Å². The first-order chi connectivity index (χ1) is 11.2. The third kappa shape index (κ3) is 3.91. The Bertz CT molecular complexity index is 676. The second kappa shape index (κ2) is 7.00. The molecular weight excluding hydrogens is 294 g/mol. The van der Waals surface area contributed by atoms with Crippen molar-refractivity contribution in [2.45, 2.75) is 19.4 Å². The van der Waals surface area contributed by atoms with Gasteiger partial charge in [0.1, 0.15) is 0 Å². The Hall–Kier alpha value is -2.76. The molecule has 3 rings (SSSR count). The third-order valence-electron chi connectivity index (χ3n) is 3.56. The molecule has 0 spiro atoms. The summed E-state index contributed by atoms with van der Waals surface area (Å²) in [5.41, 5.74) is 1.66. The first kappa shape index (κ1) is 15.1. The second-order valence-corrected chi connectivity index (χ2v) is 5.31. The van der Waals surface area contributed by atoms with Crippen molar-refractivity contribution in [2.24, 2.45) is 0 Å². The van der Waals surface area contributed by atoms with Crippen LogP contribution in [-0.2, 0) is 0 Å². The molecule has 1 atom stereocenters. The topological polar surface area (TPSA) is 72.5 Å². The van der Waals surface area contributed by atoms with Crippen LogP contribution in [0.5, 0.6) is 11.5 Å². The number of ether oxygens (including phenoxy) is 2. The highest BCUT2D eigenvalue weighted by atomic mass is 16.5. The first-order valence-corrected chi connectivity index (χ1v) is 7.59. The summed E-state index contributed by atoms with van der Waals surface area (Å²) in [7, 11) is 0. The van der Waals surface area contributed by atoms with Gasteiger partial charge in [0.05, 0.1) is 19.3 Å². The molecular formula is C17H19N3O3. The SMILES string of the molecule is C[C@@H](NC(=O)Nc1ccncc1)c1ccc2c(c1)OCCCO2. The monoisotopic (exact) mass is 313 g/mol. The van der Waals surface area contributed by atoms with E-state index in [0.717, 1.165) is 23.5 Å². The third-order valence-corrected chi connectivity index (χ3v) is 3.56. The zero-order chi connectivity index (χ0) is 16.1. The fourth-order valence-corrected chi connectivity index (χ4v) is 2.33. The van der Waals surface area contributed by atoms with Gasteiger partial charge in [-0.25, -0.2) is 4.79 Å². The maximum Gasteiger partial charge on any atom is 0.319 e. The van der Waals surface area contributed by atoms with E-state index < -0.39 is 0 Å². The molecule has 0 radical (unpaired) electrons. The summed E-state index contributed by atoms with van der Waals surface area (Å²) in [5.74, 6) is 1.47. The number of carbonyl (C=O) groups is 1. The number of rotatable bonds is 3. The van der Waals surface area contributed by atoms with Crippen molar-refractivity contribution in [3.63, 3.8) is 0 Å². The Kier molecular flexibility index (Phi) is 4.61. The molecule has 2 aromatic rings. The highest BCUT2D eigenvalue weighted by Gasteiger charge is 2.15. The first-order valence-electron chi connectivity index (χ1n) is 7.59. The van der Waals surface area contributed by atoms with Crippen molar-refractivity contribution in [3.05, 3.63) is 48.3 Å². The molecule has 2 amide bonds. The van der Waals surface area contributed by atoms with E-state index in [0.29, 0.717) is 18.9 Å². The molecule has 1 aromatic heterocycles. The van der Waals surface area contributed by atoms with Crippen LogP contribution in [0.15, 0.2) is 42.7 Å².